The second-order valence-electron chi connectivity index (χ2n) is 9.01. The average Bonchev–Trinajstić information content (AvgIpc) is 2.55. The third-order valence-corrected chi connectivity index (χ3v) is 6.90. The highest BCUT2D eigenvalue weighted by Crippen LogP contribution is 2.42. The summed E-state index contributed by atoms with van der Waals surface area (Å²) in [6.45, 7) is 5.59. The molecule has 2 aliphatic carbocycles. The minimum Gasteiger partial charge on any atom is -0.392 e. The van der Waals surface area contributed by atoms with Gasteiger partial charge in [0.1, 0.15) is 0 Å². The molecule has 2 saturated carbocycles. The van der Waals surface area contributed by atoms with Gasteiger partial charge in [0.25, 0.3) is 0 Å². The topological polar surface area (TPSA) is 69.8 Å². The molecule has 3 rings (SSSR count). The maximum atomic E-state index is 13.0. The lowest BCUT2D eigenvalue weighted by Gasteiger charge is -2.44. The molecule has 3 N–H and O–H groups in total. The Morgan fingerprint density at radius 3 is 2.36 bits per heavy atom. The lowest BCUT2D eigenvalue weighted by atomic mass is 9.65. The predicted molar refractivity (Wildman–Crippen MR) is 100 cm³/mol. The lowest BCUT2D eigenvalue weighted by molar-refractivity contribution is -0.138. The van der Waals surface area contributed by atoms with E-state index in [0.717, 1.165) is 51.9 Å². The van der Waals surface area contributed by atoms with E-state index in [1.807, 2.05) is 18.9 Å². The van der Waals surface area contributed by atoms with Gasteiger partial charge in [-0.15, -0.1) is 0 Å². The molecule has 3 unspecified atom stereocenters. The van der Waals surface area contributed by atoms with Crippen LogP contribution in [0.15, 0.2) is 0 Å². The summed E-state index contributed by atoms with van der Waals surface area (Å²) in [5.41, 5.74) is 6.37. The molecule has 0 aromatic carbocycles. The third-order valence-electron chi connectivity index (χ3n) is 6.90. The summed E-state index contributed by atoms with van der Waals surface area (Å²) in [6, 6.07) is 0.335. The smallest absolute Gasteiger partial charge is 0.225 e. The van der Waals surface area contributed by atoms with Gasteiger partial charge < -0.3 is 20.6 Å². The molecule has 0 aromatic heterocycles. The van der Waals surface area contributed by atoms with Gasteiger partial charge in [-0.3, -0.25) is 4.79 Å². The first-order valence-electron chi connectivity index (χ1n) is 10.3. The summed E-state index contributed by atoms with van der Waals surface area (Å²) >= 11 is 0. The highest BCUT2D eigenvalue weighted by molar-refractivity contribution is 5.78. The maximum absolute atomic E-state index is 13.0. The van der Waals surface area contributed by atoms with Crippen LogP contribution in [0.4, 0.5) is 0 Å². The van der Waals surface area contributed by atoms with Crippen LogP contribution < -0.4 is 5.73 Å². The maximum Gasteiger partial charge on any atom is 0.225 e. The van der Waals surface area contributed by atoms with Crippen LogP contribution >= 0.6 is 0 Å². The van der Waals surface area contributed by atoms with E-state index in [2.05, 4.69) is 4.90 Å². The summed E-state index contributed by atoms with van der Waals surface area (Å²) in [4.78, 5) is 17.3. The zero-order valence-electron chi connectivity index (χ0n) is 16.1. The summed E-state index contributed by atoms with van der Waals surface area (Å²) < 4.78 is 0. The summed E-state index contributed by atoms with van der Waals surface area (Å²) in [5, 5.41) is 9.52. The fourth-order valence-corrected chi connectivity index (χ4v) is 5.50. The minimum atomic E-state index is -0.252. The molecular formula is C20H37N3O2. The molecule has 0 radical (unpaired) electrons. The molecule has 5 heteroatoms. The number of aliphatic hydroxyl groups is 1. The molecule has 0 aromatic rings. The Kier molecular flexibility index (Phi) is 6.39. The Hall–Kier alpha value is -0.650. The van der Waals surface area contributed by atoms with Crippen LogP contribution in [0, 0.1) is 23.7 Å². The molecular weight excluding hydrogens is 314 g/mol. The van der Waals surface area contributed by atoms with Crippen molar-refractivity contribution in [3.05, 3.63) is 0 Å². The van der Waals surface area contributed by atoms with Crippen molar-refractivity contribution in [2.75, 3.05) is 33.2 Å². The number of carbonyl (C=O) groups excluding carboxylic acids is 1. The SMILES string of the molecule is CC(O)CN1CCC(CN(C)C(=O)C2CC3CCCC(C2)C3N)CC1. The minimum absolute atomic E-state index is 0.204. The normalized spacial score (nSPS) is 35.4. The van der Waals surface area contributed by atoms with Gasteiger partial charge in [0.15, 0.2) is 0 Å². The van der Waals surface area contributed by atoms with Gasteiger partial charge in [-0.05, 0) is 76.3 Å². The molecule has 25 heavy (non-hydrogen) atoms. The molecule has 3 atom stereocenters. The van der Waals surface area contributed by atoms with Gasteiger partial charge in [-0.25, -0.2) is 0 Å². The van der Waals surface area contributed by atoms with Crippen LogP contribution in [-0.4, -0.2) is 66.2 Å². The number of amides is 1. The molecule has 144 valence electrons. The fourth-order valence-electron chi connectivity index (χ4n) is 5.50. The summed E-state index contributed by atoms with van der Waals surface area (Å²) in [6.07, 6.45) is 7.75. The molecule has 3 aliphatic rings. The summed E-state index contributed by atoms with van der Waals surface area (Å²) in [7, 11) is 1.99. The molecule has 3 fully saturated rings. The van der Waals surface area contributed by atoms with E-state index >= 15 is 0 Å². The largest absolute Gasteiger partial charge is 0.392 e. The van der Waals surface area contributed by atoms with Crippen molar-refractivity contribution < 1.29 is 9.90 Å². The van der Waals surface area contributed by atoms with Crippen LogP contribution in [0.3, 0.4) is 0 Å². The Morgan fingerprint density at radius 1 is 1.20 bits per heavy atom. The van der Waals surface area contributed by atoms with E-state index < -0.39 is 0 Å². The second kappa shape index (κ2) is 8.36. The highest BCUT2D eigenvalue weighted by Gasteiger charge is 2.41. The van der Waals surface area contributed by atoms with Gasteiger partial charge in [0.05, 0.1) is 6.10 Å². The number of β-amino-alcohol motifs (C(OH)–C–C–N with tert-alkyl or cyclic N) is 1. The highest BCUT2D eigenvalue weighted by atomic mass is 16.3. The number of aliphatic hydroxyl groups excluding tert-OH is 1. The number of carbonyl (C=O) groups is 1. The van der Waals surface area contributed by atoms with E-state index in [-0.39, 0.29) is 12.0 Å². The van der Waals surface area contributed by atoms with Crippen molar-refractivity contribution in [3.8, 4) is 0 Å². The van der Waals surface area contributed by atoms with Gasteiger partial charge in [0, 0.05) is 32.1 Å². The van der Waals surface area contributed by atoms with Crippen molar-refractivity contribution in [2.24, 2.45) is 29.4 Å². The predicted octanol–water partition coefficient (Wildman–Crippen LogP) is 1.69. The second-order valence-corrected chi connectivity index (χ2v) is 9.01. The summed E-state index contributed by atoms with van der Waals surface area (Å²) in [5.74, 6) is 2.30. The zero-order chi connectivity index (χ0) is 18.0. The average molecular weight is 352 g/mol. The van der Waals surface area contributed by atoms with Crippen molar-refractivity contribution in [2.45, 2.75) is 64.0 Å². The Morgan fingerprint density at radius 2 is 1.80 bits per heavy atom. The van der Waals surface area contributed by atoms with E-state index in [4.69, 9.17) is 5.73 Å². The molecule has 1 saturated heterocycles. The number of likely N-dealkylation sites (tertiary alicyclic amines) is 1. The number of rotatable bonds is 5. The monoisotopic (exact) mass is 351 g/mol. The molecule has 1 amide bonds. The zero-order valence-corrected chi connectivity index (χ0v) is 16.1. The molecule has 0 spiro atoms. The quantitative estimate of drug-likeness (QED) is 0.791. The van der Waals surface area contributed by atoms with E-state index in [1.165, 1.54) is 19.3 Å². The van der Waals surface area contributed by atoms with Gasteiger partial charge in [-0.1, -0.05) is 6.42 Å². The van der Waals surface area contributed by atoms with Gasteiger partial charge in [-0.2, -0.15) is 0 Å². The van der Waals surface area contributed by atoms with Crippen LogP contribution in [0.2, 0.25) is 0 Å². The van der Waals surface area contributed by atoms with Crippen LogP contribution in [-0.2, 0) is 4.79 Å². The Labute approximate surface area is 152 Å². The first-order chi connectivity index (χ1) is 11.9. The Bertz CT molecular complexity index is 434. The number of fused-ring (bicyclic) bond motifs is 2. The van der Waals surface area contributed by atoms with E-state index in [1.54, 1.807) is 0 Å². The first-order valence-corrected chi connectivity index (χ1v) is 10.3. The standard InChI is InChI=1S/C20H37N3O2/c1-14(24)12-23-8-6-15(7-9-23)13-22(2)20(25)18-10-16-4-3-5-17(11-18)19(16)21/h14-19,24H,3-13,21H2,1-2H3. The van der Waals surface area contributed by atoms with Crippen molar-refractivity contribution in [1.29, 1.82) is 0 Å². The number of hydrogen-bond acceptors (Lipinski definition) is 4. The van der Waals surface area contributed by atoms with Crippen LogP contribution in [0.5, 0.6) is 0 Å². The first kappa shape index (κ1) is 19.1. The van der Waals surface area contributed by atoms with Gasteiger partial charge in [0.2, 0.25) is 5.91 Å². The van der Waals surface area contributed by atoms with E-state index in [9.17, 15) is 9.90 Å². The Balaban J connectivity index is 1.45. The molecule has 2 bridgehead atoms. The van der Waals surface area contributed by atoms with Crippen LogP contribution in [0.25, 0.3) is 0 Å². The molecule has 5 nitrogen and oxygen atoms in total. The lowest BCUT2D eigenvalue weighted by Crippen LogP contribution is -2.50. The van der Waals surface area contributed by atoms with Gasteiger partial charge >= 0.3 is 0 Å². The van der Waals surface area contributed by atoms with E-state index in [0.29, 0.717) is 29.7 Å². The number of hydrogen-bond donors (Lipinski definition) is 2. The fraction of sp³-hybridized carbons (Fsp3) is 0.950. The van der Waals surface area contributed by atoms with Crippen molar-refractivity contribution >= 4 is 5.91 Å². The third kappa shape index (κ3) is 4.75. The molecule has 1 aliphatic heterocycles. The number of nitrogens with two attached hydrogens (primary N) is 1. The van der Waals surface area contributed by atoms with Crippen LogP contribution in [0.1, 0.15) is 51.9 Å². The molecule has 1 heterocycles. The number of nitrogens with zero attached hydrogens (tertiary/aromatic N) is 2. The number of piperidine rings is 1. The van der Waals surface area contributed by atoms with Crippen molar-refractivity contribution in [1.82, 2.24) is 9.80 Å². The van der Waals surface area contributed by atoms with Crippen molar-refractivity contribution in [3.63, 3.8) is 0 Å².